The zero-order valence-corrected chi connectivity index (χ0v) is 11.6. The Morgan fingerprint density at radius 1 is 1.25 bits per heavy atom. The molecular weight excluding hydrogens is 284 g/mol. The van der Waals surface area contributed by atoms with Crippen LogP contribution in [0, 0.1) is 11.6 Å². The first-order valence-corrected chi connectivity index (χ1v) is 6.47. The molecule has 106 valence electrons. The van der Waals surface area contributed by atoms with Crippen LogP contribution in [0.1, 0.15) is 24.1 Å². The maximum absolute atomic E-state index is 13.3. The van der Waals surface area contributed by atoms with Crippen LogP contribution in [0.4, 0.5) is 8.78 Å². The quantitative estimate of drug-likeness (QED) is 0.917. The second kappa shape index (κ2) is 6.20. The highest BCUT2D eigenvalue weighted by Crippen LogP contribution is 2.27. The summed E-state index contributed by atoms with van der Waals surface area (Å²) in [6.45, 7) is 1.82. The summed E-state index contributed by atoms with van der Waals surface area (Å²) in [6, 6.07) is 8.24. The summed E-state index contributed by atoms with van der Waals surface area (Å²) in [5.74, 6) is -0.422. The molecule has 0 spiro atoms. The minimum atomic E-state index is -0.501. The predicted octanol–water partition coefficient (Wildman–Crippen LogP) is 4.22. The summed E-state index contributed by atoms with van der Waals surface area (Å²) in [6.07, 6.45) is 0. The first-order chi connectivity index (χ1) is 9.49. The van der Waals surface area contributed by atoms with Gasteiger partial charge in [-0.2, -0.15) is 0 Å². The van der Waals surface area contributed by atoms with Crippen molar-refractivity contribution in [2.24, 2.45) is 5.73 Å². The van der Waals surface area contributed by atoms with Crippen molar-refractivity contribution in [3.05, 3.63) is 64.2 Å². The van der Waals surface area contributed by atoms with Crippen LogP contribution in [-0.2, 0) is 6.61 Å². The average molecular weight is 298 g/mol. The van der Waals surface area contributed by atoms with E-state index in [0.29, 0.717) is 16.9 Å². The third-order valence-electron chi connectivity index (χ3n) is 2.88. The van der Waals surface area contributed by atoms with E-state index in [4.69, 9.17) is 22.1 Å². The molecule has 2 rings (SSSR count). The Bertz CT molecular complexity index is 617. The largest absolute Gasteiger partial charge is 0.489 e. The van der Waals surface area contributed by atoms with Gasteiger partial charge in [0.2, 0.25) is 0 Å². The van der Waals surface area contributed by atoms with Gasteiger partial charge in [0.1, 0.15) is 24.0 Å². The van der Waals surface area contributed by atoms with Crippen LogP contribution in [0.15, 0.2) is 36.4 Å². The van der Waals surface area contributed by atoms with E-state index in [-0.39, 0.29) is 23.5 Å². The lowest BCUT2D eigenvalue weighted by Gasteiger charge is -2.14. The Hall–Kier alpha value is -1.65. The van der Waals surface area contributed by atoms with Crippen LogP contribution in [-0.4, -0.2) is 0 Å². The number of ether oxygens (including phenoxy) is 1. The molecule has 0 saturated heterocycles. The van der Waals surface area contributed by atoms with Crippen LogP contribution in [0.5, 0.6) is 5.75 Å². The Balaban J connectivity index is 2.21. The summed E-state index contributed by atoms with van der Waals surface area (Å²) in [7, 11) is 0. The lowest BCUT2D eigenvalue weighted by atomic mass is 10.1. The van der Waals surface area contributed by atoms with Crippen molar-refractivity contribution in [3.63, 3.8) is 0 Å². The van der Waals surface area contributed by atoms with Gasteiger partial charge in [0.25, 0.3) is 0 Å². The highest BCUT2D eigenvalue weighted by atomic mass is 35.5. The number of rotatable bonds is 4. The maximum atomic E-state index is 13.3. The number of nitrogens with two attached hydrogens (primary N) is 1. The molecular formula is C15H14ClF2NO. The Morgan fingerprint density at radius 3 is 2.70 bits per heavy atom. The Morgan fingerprint density at radius 2 is 2.00 bits per heavy atom. The summed E-state index contributed by atoms with van der Waals surface area (Å²) in [5.41, 5.74) is 6.85. The van der Waals surface area contributed by atoms with Crippen LogP contribution in [0.2, 0.25) is 5.02 Å². The molecule has 1 atom stereocenters. The third kappa shape index (κ3) is 3.26. The number of benzene rings is 2. The number of halogens is 3. The normalized spacial score (nSPS) is 12.2. The van der Waals surface area contributed by atoms with Crippen LogP contribution < -0.4 is 10.5 Å². The first-order valence-electron chi connectivity index (χ1n) is 6.09. The number of hydrogen-bond acceptors (Lipinski definition) is 2. The second-order valence-electron chi connectivity index (χ2n) is 4.47. The van der Waals surface area contributed by atoms with E-state index in [1.807, 2.05) is 0 Å². The molecule has 1 unspecified atom stereocenters. The Labute approximate surface area is 121 Å². The van der Waals surface area contributed by atoms with Crippen LogP contribution in [0.3, 0.4) is 0 Å². The fourth-order valence-electron chi connectivity index (χ4n) is 1.82. The summed E-state index contributed by atoms with van der Waals surface area (Å²) in [4.78, 5) is 0. The lowest BCUT2D eigenvalue weighted by molar-refractivity contribution is 0.300. The fraction of sp³-hybridized carbons (Fsp3) is 0.200. The molecule has 20 heavy (non-hydrogen) atoms. The predicted molar refractivity (Wildman–Crippen MR) is 74.7 cm³/mol. The summed E-state index contributed by atoms with van der Waals surface area (Å²) >= 11 is 5.85. The van der Waals surface area contributed by atoms with E-state index in [1.165, 1.54) is 24.3 Å². The smallest absolute Gasteiger partial charge is 0.142 e. The molecule has 0 radical (unpaired) electrons. The molecule has 2 N–H and O–H groups in total. The van der Waals surface area contributed by atoms with Crippen molar-refractivity contribution in [2.75, 3.05) is 0 Å². The van der Waals surface area contributed by atoms with Crippen molar-refractivity contribution in [1.82, 2.24) is 0 Å². The van der Waals surface area contributed by atoms with Crippen LogP contribution >= 0.6 is 11.6 Å². The van der Waals surface area contributed by atoms with E-state index >= 15 is 0 Å². The molecule has 0 amide bonds. The zero-order chi connectivity index (χ0) is 14.7. The molecule has 5 heteroatoms. The highest BCUT2D eigenvalue weighted by Gasteiger charge is 2.11. The van der Waals surface area contributed by atoms with E-state index in [2.05, 4.69) is 0 Å². The topological polar surface area (TPSA) is 35.2 Å². The standard InChI is InChI=1S/C15H14ClF2NO/c1-9(19)12-7-11(17)5-6-14(12)20-8-10-3-2-4-13(18)15(10)16/h2-7,9H,8,19H2,1H3. The molecule has 2 aromatic carbocycles. The second-order valence-corrected chi connectivity index (χ2v) is 4.85. The summed E-state index contributed by atoms with van der Waals surface area (Å²) in [5, 5.41) is 0.0250. The minimum absolute atomic E-state index is 0.0250. The SMILES string of the molecule is CC(N)c1cc(F)ccc1OCc1cccc(F)c1Cl. The number of hydrogen-bond donors (Lipinski definition) is 1. The molecule has 2 aromatic rings. The molecule has 2 nitrogen and oxygen atoms in total. The zero-order valence-electron chi connectivity index (χ0n) is 10.9. The average Bonchev–Trinajstić information content (AvgIpc) is 2.41. The fourth-order valence-corrected chi connectivity index (χ4v) is 2.00. The van der Waals surface area contributed by atoms with Gasteiger partial charge >= 0.3 is 0 Å². The van der Waals surface area contributed by atoms with Crippen molar-refractivity contribution in [1.29, 1.82) is 0 Å². The third-order valence-corrected chi connectivity index (χ3v) is 3.30. The highest BCUT2D eigenvalue weighted by molar-refractivity contribution is 6.31. The van der Waals surface area contributed by atoms with Gasteiger partial charge < -0.3 is 10.5 Å². The van der Waals surface area contributed by atoms with Gasteiger partial charge in [-0.25, -0.2) is 8.78 Å². The van der Waals surface area contributed by atoms with Crippen molar-refractivity contribution < 1.29 is 13.5 Å². The molecule has 0 saturated carbocycles. The lowest BCUT2D eigenvalue weighted by Crippen LogP contribution is -2.09. The molecule has 0 heterocycles. The maximum Gasteiger partial charge on any atom is 0.142 e. The Kier molecular flexibility index (Phi) is 4.57. The van der Waals surface area contributed by atoms with Crippen molar-refractivity contribution in [3.8, 4) is 5.75 Å². The van der Waals surface area contributed by atoms with Gasteiger partial charge in [-0.05, 0) is 31.2 Å². The van der Waals surface area contributed by atoms with E-state index < -0.39 is 5.82 Å². The molecule has 0 fully saturated rings. The van der Waals surface area contributed by atoms with E-state index in [0.717, 1.165) is 0 Å². The molecule has 0 aliphatic carbocycles. The van der Waals surface area contributed by atoms with Gasteiger partial charge in [0.05, 0.1) is 5.02 Å². The minimum Gasteiger partial charge on any atom is -0.489 e. The van der Waals surface area contributed by atoms with Crippen LogP contribution in [0.25, 0.3) is 0 Å². The molecule has 0 aliphatic heterocycles. The first kappa shape index (κ1) is 14.8. The van der Waals surface area contributed by atoms with E-state index in [9.17, 15) is 8.78 Å². The monoisotopic (exact) mass is 297 g/mol. The van der Waals surface area contributed by atoms with Gasteiger partial charge in [0.15, 0.2) is 0 Å². The van der Waals surface area contributed by atoms with Gasteiger partial charge in [-0.3, -0.25) is 0 Å². The van der Waals surface area contributed by atoms with Crippen molar-refractivity contribution in [2.45, 2.75) is 19.6 Å². The molecule has 0 aromatic heterocycles. The molecule has 0 aliphatic rings. The van der Waals surface area contributed by atoms with Gasteiger partial charge in [-0.15, -0.1) is 0 Å². The van der Waals surface area contributed by atoms with Crippen molar-refractivity contribution >= 4 is 11.6 Å². The summed E-state index contributed by atoms with van der Waals surface area (Å²) < 4.78 is 32.1. The molecule has 0 bridgehead atoms. The van der Waals surface area contributed by atoms with Gasteiger partial charge in [-0.1, -0.05) is 23.7 Å². The van der Waals surface area contributed by atoms with E-state index in [1.54, 1.807) is 19.1 Å². The van der Waals surface area contributed by atoms with Gasteiger partial charge in [0, 0.05) is 17.2 Å².